The summed E-state index contributed by atoms with van der Waals surface area (Å²) in [5.41, 5.74) is 5.84. The van der Waals surface area contributed by atoms with E-state index < -0.39 is 36.5 Å². The van der Waals surface area contributed by atoms with Crippen molar-refractivity contribution < 1.29 is 29.7 Å². The summed E-state index contributed by atoms with van der Waals surface area (Å²) in [6, 6.07) is -0.913. The maximum Gasteiger partial charge on any atom is 0.322 e. The molecule has 0 aromatic rings. The van der Waals surface area contributed by atoms with Crippen molar-refractivity contribution in [1.29, 1.82) is 0 Å². The summed E-state index contributed by atoms with van der Waals surface area (Å²) in [5, 5.41) is 29.8. The first-order valence-corrected chi connectivity index (χ1v) is 13.4. The van der Waals surface area contributed by atoms with E-state index in [1.54, 1.807) is 0 Å². The van der Waals surface area contributed by atoms with Crippen molar-refractivity contribution in [2.45, 2.75) is 101 Å². The molecule has 0 aromatic carbocycles. The molecule has 9 heteroatoms. The predicted molar refractivity (Wildman–Crippen MR) is 138 cm³/mol. The summed E-state index contributed by atoms with van der Waals surface area (Å²) >= 11 is 1.29. The zero-order valence-corrected chi connectivity index (χ0v) is 21.3. The van der Waals surface area contributed by atoms with Crippen LogP contribution in [0, 0.1) is 0 Å². The normalized spacial score (nSPS) is 14.3. The SMILES string of the molecule is CCCCCCCCCC/C=C/C=C/[C@@H](SC[C@H](N)C(=O)NCC(=O)O)[C@@H](O)CCCC(=O)O. The average Bonchev–Trinajstić information content (AvgIpc) is 2.79. The van der Waals surface area contributed by atoms with Crippen LogP contribution >= 0.6 is 11.8 Å². The Bertz CT molecular complexity index is 627. The zero-order chi connectivity index (χ0) is 25.6. The summed E-state index contributed by atoms with van der Waals surface area (Å²) in [6.07, 6.45) is 18.8. The number of rotatable bonds is 22. The number of aliphatic carboxylic acids is 2. The Hall–Kier alpha value is -1.84. The summed E-state index contributed by atoms with van der Waals surface area (Å²) in [4.78, 5) is 33.2. The molecule has 0 rings (SSSR count). The number of hydrogen-bond acceptors (Lipinski definition) is 6. The molecule has 0 saturated heterocycles. The molecular formula is C25H44N2O6S. The molecule has 0 unspecified atom stereocenters. The van der Waals surface area contributed by atoms with Crippen LogP contribution < -0.4 is 11.1 Å². The molecule has 0 aromatic heterocycles. The van der Waals surface area contributed by atoms with E-state index in [1.165, 1.54) is 56.7 Å². The van der Waals surface area contributed by atoms with Gasteiger partial charge in [-0.3, -0.25) is 14.4 Å². The third-order valence-corrected chi connectivity index (χ3v) is 6.67. The van der Waals surface area contributed by atoms with Crippen molar-refractivity contribution in [3.8, 4) is 0 Å². The lowest BCUT2D eigenvalue weighted by Gasteiger charge is -2.21. The number of carboxylic acid groups (broad SMARTS) is 2. The Morgan fingerprint density at radius 3 is 2.21 bits per heavy atom. The minimum Gasteiger partial charge on any atom is -0.481 e. The molecule has 34 heavy (non-hydrogen) atoms. The van der Waals surface area contributed by atoms with Gasteiger partial charge in [-0.15, -0.1) is 11.8 Å². The van der Waals surface area contributed by atoms with E-state index in [9.17, 15) is 19.5 Å². The van der Waals surface area contributed by atoms with Crippen LogP contribution in [0.15, 0.2) is 24.3 Å². The summed E-state index contributed by atoms with van der Waals surface area (Å²) < 4.78 is 0. The fraction of sp³-hybridized carbons (Fsp3) is 0.720. The van der Waals surface area contributed by atoms with Gasteiger partial charge in [-0.05, 0) is 25.7 Å². The molecule has 8 nitrogen and oxygen atoms in total. The first-order valence-electron chi connectivity index (χ1n) is 12.4. The van der Waals surface area contributed by atoms with Gasteiger partial charge in [0.05, 0.1) is 12.1 Å². The fourth-order valence-electron chi connectivity index (χ4n) is 3.25. The van der Waals surface area contributed by atoms with Gasteiger partial charge < -0.3 is 26.4 Å². The van der Waals surface area contributed by atoms with Gasteiger partial charge in [0.2, 0.25) is 5.91 Å². The van der Waals surface area contributed by atoms with Crippen LogP contribution in [0.5, 0.6) is 0 Å². The molecule has 0 heterocycles. The predicted octanol–water partition coefficient (Wildman–Crippen LogP) is 3.88. The number of hydrogen-bond donors (Lipinski definition) is 5. The number of nitrogens with two attached hydrogens (primary N) is 1. The van der Waals surface area contributed by atoms with Crippen molar-refractivity contribution in [2.75, 3.05) is 12.3 Å². The molecule has 6 N–H and O–H groups in total. The van der Waals surface area contributed by atoms with Crippen molar-refractivity contribution in [2.24, 2.45) is 5.73 Å². The van der Waals surface area contributed by atoms with Crippen LogP contribution in [-0.4, -0.2) is 62.9 Å². The van der Waals surface area contributed by atoms with Gasteiger partial charge in [0.15, 0.2) is 0 Å². The molecule has 0 saturated carbocycles. The van der Waals surface area contributed by atoms with Crippen LogP contribution in [0.2, 0.25) is 0 Å². The summed E-state index contributed by atoms with van der Waals surface area (Å²) in [5.74, 6) is -2.43. The third kappa shape index (κ3) is 19.6. The van der Waals surface area contributed by atoms with E-state index in [0.29, 0.717) is 12.8 Å². The molecule has 0 spiro atoms. The maximum absolute atomic E-state index is 11.9. The molecular weight excluding hydrogens is 456 g/mol. The Morgan fingerprint density at radius 2 is 1.59 bits per heavy atom. The number of thioether (sulfide) groups is 1. The van der Waals surface area contributed by atoms with E-state index >= 15 is 0 Å². The number of carbonyl (C=O) groups excluding carboxylic acids is 1. The van der Waals surface area contributed by atoms with Crippen LogP contribution in [0.1, 0.15) is 84.0 Å². The second-order valence-corrected chi connectivity index (χ2v) is 9.66. The molecule has 0 aliphatic heterocycles. The van der Waals surface area contributed by atoms with Gasteiger partial charge in [0.25, 0.3) is 0 Å². The van der Waals surface area contributed by atoms with Crippen LogP contribution in [0.25, 0.3) is 0 Å². The highest BCUT2D eigenvalue weighted by atomic mass is 32.2. The number of nitrogens with one attached hydrogen (secondary N) is 1. The second-order valence-electron chi connectivity index (χ2n) is 8.45. The van der Waals surface area contributed by atoms with Gasteiger partial charge in [-0.25, -0.2) is 0 Å². The van der Waals surface area contributed by atoms with Gasteiger partial charge in [0.1, 0.15) is 6.54 Å². The van der Waals surface area contributed by atoms with E-state index in [2.05, 4.69) is 18.3 Å². The Labute approximate surface area is 208 Å². The van der Waals surface area contributed by atoms with Crippen molar-refractivity contribution in [3.05, 3.63) is 24.3 Å². The number of carboxylic acids is 2. The Balaban J connectivity index is 4.50. The maximum atomic E-state index is 11.9. The number of amides is 1. The summed E-state index contributed by atoms with van der Waals surface area (Å²) in [6.45, 7) is 1.72. The largest absolute Gasteiger partial charge is 0.481 e. The van der Waals surface area contributed by atoms with Crippen LogP contribution in [0.4, 0.5) is 0 Å². The monoisotopic (exact) mass is 500 g/mol. The van der Waals surface area contributed by atoms with Crippen molar-refractivity contribution in [1.82, 2.24) is 5.32 Å². The first-order chi connectivity index (χ1) is 16.3. The van der Waals surface area contributed by atoms with E-state index in [4.69, 9.17) is 15.9 Å². The zero-order valence-electron chi connectivity index (χ0n) is 20.5. The standard InChI is InChI=1S/C25H44N2O6S/c1-2-3-4-5-6-7-8-9-10-11-12-13-16-22(21(28)15-14-17-23(29)30)34-19-20(26)25(33)27-18-24(31)32/h11-13,16,20-22,28H,2-10,14-15,17-19,26H2,1H3,(H,27,33)(H,29,30)(H,31,32)/b12-11+,16-13+/t20-,21-,22+/m0/s1. The minimum absolute atomic E-state index is 0.0201. The smallest absolute Gasteiger partial charge is 0.322 e. The Morgan fingerprint density at radius 1 is 0.941 bits per heavy atom. The molecule has 0 aliphatic carbocycles. The highest BCUT2D eigenvalue weighted by Crippen LogP contribution is 2.21. The Kier molecular flexibility index (Phi) is 20.5. The molecule has 196 valence electrons. The first kappa shape index (κ1) is 32.2. The molecule has 0 radical (unpaired) electrons. The third-order valence-electron chi connectivity index (χ3n) is 5.26. The molecule has 0 fully saturated rings. The number of aliphatic hydroxyl groups excluding tert-OH is 1. The van der Waals surface area contributed by atoms with Crippen molar-refractivity contribution in [3.63, 3.8) is 0 Å². The summed E-state index contributed by atoms with van der Waals surface area (Å²) in [7, 11) is 0. The lowest BCUT2D eigenvalue weighted by atomic mass is 10.1. The van der Waals surface area contributed by atoms with Crippen LogP contribution in [-0.2, 0) is 14.4 Å². The highest BCUT2D eigenvalue weighted by Gasteiger charge is 2.21. The molecule has 0 bridgehead atoms. The number of carbonyl (C=O) groups is 3. The highest BCUT2D eigenvalue weighted by molar-refractivity contribution is 8.00. The van der Waals surface area contributed by atoms with Gasteiger partial charge in [-0.2, -0.15) is 0 Å². The lowest BCUT2D eigenvalue weighted by Crippen LogP contribution is -2.44. The average molecular weight is 501 g/mol. The molecule has 3 atom stereocenters. The van der Waals surface area contributed by atoms with Gasteiger partial charge in [-0.1, -0.05) is 76.2 Å². The number of unbranched alkanes of at least 4 members (excludes halogenated alkanes) is 8. The molecule has 1 amide bonds. The lowest BCUT2D eigenvalue weighted by molar-refractivity contribution is -0.138. The number of allylic oxidation sites excluding steroid dienone is 3. The quantitative estimate of drug-likeness (QED) is 0.111. The van der Waals surface area contributed by atoms with E-state index in [0.717, 1.165) is 12.8 Å². The topological polar surface area (TPSA) is 150 Å². The van der Waals surface area contributed by atoms with E-state index in [1.807, 2.05) is 18.2 Å². The van der Waals surface area contributed by atoms with E-state index in [-0.39, 0.29) is 17.4 Å². The van der Waals surface area contributed by atoms with Crippen LogP contribution in [0.3, 0.4) is 0 Å². The fourth-order valence-corrected chi connectivity index (χ4v) is 4.39. The van der Waals surface area contributed by atoms with Crippen molar-refractivity contribution >= 4 is 29.6 Å². The van der Waals surface area contributed by atoms with Gasteiger partial charge >= 0.3 is 11.9 Å². The number of aliphatic hydroxyl groups is 1. The molecule has 0 aliphatic rings. The second kappa shape index (κ2) is 21.7. The van der Waals surface area contributed by atoms with Gasteiger partial charge in [0, 0.05) is 17.4 Å². The minimum atomic E-state index is -1.15.